The number of rotatable bonds is 4. The van der Waals surface area contributed by atoms with Crippen LogP contribution in [-0.2, 0) is 6.18 Å². The first-order valence-corrected chi connectivity index (χ1v) is 8.25. The van der Waals surface area contributed by atoms with Crippen LogP contribution in [0.25, 0.3) is 5.69 Å². The van der Waals surface area contributed by atoms with Crippen molar-refractivity contribution in [3.05, 3.63) is 39.1 Å². The Morgan fingerprint density at radius 1 is 1.21 bits per heavy atom. The summed E-state index contributed by atoms with van der Waals surface area (Å²) < 4.78 is 77.6. The molecule has 0 bridgehead atoms. The molecule has 0 spiro atoms. The lowest BCUT2D eigenvalue weighted by Gasteiger charge is -2.13. The number of hydrogen-bond acceptors (Lipinski definition) is 5. The molecule has 0 atom stereocenters. The Kier molecular flexibility index (Phi) is 6.11. The van der Waals surface area contributed by atoms with E-state index < -0.39 is 66.9 Å². The van der Waals surface area contributed by atoms with Gasteiger partial charge in [-0.25, -0.2) is 4.68 Å². The van der Waals surface area contributed by atoms with Crippen molar-refractivity contribution < 1.29 is 36.3 Å². The van der Waals surface area contributed by atoms with Crippen LogP contribution >= 0.6 is 35.0 Å². The molecule has 0 aliphatic carbocycles. The van der Waals surface area contributed by atoms with E-state index in [1.165, 1.54) is 0 Å². The van der Waals surface area contributed by atoms with Crippen molar-refractivity contribution in [2.24, 2.45) is 10.9 Å². The zero-order chi connectivity index (χ0) is 21.4. The third-order valence-electron chi connectivity index (χ3n) is 3.11. The normalized spacial score (nSPS) is 13.1. The molecule has 0 aliphatic heterocycles. The topological polar surface area (TPSA) is 93.5 Å². The Bertz CT molecular complexity index is 935. The van der Waals surface area contributed by atoms with Gasteiger partial charge in [0.05, 0.1) is 20.5 Å². The molecule has 6 nitrogen and oxygen atoms in total. The van der Waals surface area contributed by atoms with Crippen molar-refractivity contribution >= 4 is 47.1 Å². The van der Waals surface area contributed by atoms with E-state index in [0.717, 1.165) is 0 Å². The summed E-state index contributed by atoms with van der Waals surface area (Å²) in [6.45, 7) is 0. The fourth-order valence-corrected chi connectivity index (χ4v) is 3.41. The molecule has 152 valence electrons. The molecule has 28 heavy (non-hydrogen) atoms. The molecule has 0 fully saturated rings. The second-order valence-corrected chi connectivity index (χ2v) is 6.80. The maximum Gasteiger partial charge on any atom is 0.446 e. The maximum absolute atomic E-state index is 12.8. The van der Waals surface area contributed by atoms with Gasteiger partial charge in [0.15, 0.2) is 12.1 Å². The van der Waals surface area contributed by atoms with Gasteiger partial charge in [-0.15, -0.1) is 0 Å². The summed E-state index contributed by atoms with van der Waals surface area (Å²) in [6, 6.07) is 0.914. The van der Waals surface area contributed by atoms with Crippen LogP contribution in [0, 0.1) is 0 Å². The average Bonchev–Trinajstić information content (AvgIpc) is 2.88. The minimum Gasteiger partial charge on any atom is -0.409 e. The fraction of sp³-hybridized carbons (Fsp3) is 0.154. The molecule has 1 aromatic heterocycles. The van der Waals surface area contributed by atoms with Gasteiger partial charge in [0.1, 0.15) is 17.1 Å². The monoisotopic (exact) mass is 466 g/mol. The molecule has 0 aliphatic rings. The summed E-state index contributed by atoms with van der Waals surface area (Å²) in [7, 11) is 0. The summed E-state index contributed by atoms with van der Waals surface area (Å²) in [4.78, 5) is 10.6. The van der Waals surface area contributed by atoms with Gasteiger partial charge in [0.2, 0.25) is 0 Å². The number of thioether (sulfide) groups is 1. The van der Waals surface area contributed by atoms with Gasteiger partial charge in [0, 0.05) is 0 Å². The van der Waals surface area contributed by atoms with Crippen LogP contribution in [-0.4, -0.2) is 32.6 Å². The van der Waals surface area contributed by atoms with Gasteiger partial charge in [-0.3, -0.25) is 4.79 Å². The van der Waals surface area contributed by atoms with Crippen LogP contribution in [0.1, 0.15) is 21.7 Å². The number of carbonyl (C=O) groups excluding carboxylic acids is 1. The number of nitrogens with zero attached hydrogens (tertiary/aromatic N) is 3. The fourth-order valence-electron chi connectivity index (χ4n) is 2.05. The molecule has 0 unspecified atom stereocenters. The molecule has 0 radical (unpaired) electrons. The lowest BCUT2D eigenvalue weighted by atomic mass is 10.2. The van der Waals surface area contributed by atoms with Gasteiger partial charge in [-0.05, 0) is 23.9 Å². The van der Waals surface area contributed by atoms with Crippen LogP contribution in [0.15, 0.2) is 22.2 Å². The predicted octanol–water partition coefficient (Wildman–Crippen LogP) is 4.72. The zero-order valence-corrected chi connectivity index (χ0v) is 15.3. The lowest BCUT2D eigenvalue weighted by molar-refractivity contribution is -0.137. The SMILES string of the molecule is N/C(=N/O)c1nn(-c2c(Cl)cc(C(F)(F)F)cc2Cl)c(C=O)c1SC(F)(F)F. The second kappa shape index (κ2) is 7.72. The van der Waals surface area contributed by atoms with Crippen LogP contribution in [0.5, 0.6) is 0 Å². The predicted molar refractivity (Wildman–Crippen MR) is 88.4 cm³/mol. The van der Waals surface area contributed by atoms with Gasteiger partial charge in [-0.1, -0.05) is 28.4 Å². The van der Waals surface area contributed by atoms with Gasteiger partial charge in [-0.2, -0.15) is 31.4 Å². The number of carbonyl (C=O) groups is 1. The Labute approximate surface area is 165 Å². The molecule has 0 saturated heterocycles. The minimum absolute atomic E-state index is 0.0560. The Balaban J connectivity index is 2.82. The lowest BCUT2D eigenvalue weighted by Crippen LogP contribution is -2.16. The highest BCUT2D eigenvalue weighted by Gasteiger charge is 2.37. The first-order valence-electron chi connectivity index (χ1n) is 6.68. The quantitative estimate of drug-likeness (QED) is 0.129. The van der Waals surface area contributed by atoms with Gasteiger partial charge >= 0.3 is 11.7 Å². The number of aromatic nitrogens is 2. The standard InChI is InChI=1S/C13H6Cl2F6N4O2S/c14-5-1-4(12(16,17)18)2-6(15)9(5)25-7(3-26)10(28-13(19,20)21)8(23-25)11(22)24-27/h1-3,27H,(H2,22,24). The number of oxime groups is 1. The van der Waals surface area contributed by atoms with E-state index in [1.807, 2.05) is 0 Å². The Morgan fingerprint density at radius 3 is 2.14 bits per heavy atom. The van der Waals surface area contributed by atoms with Gasteiger partial charge in [0.25, 0.3) is 0 Å². The number of alkyl halides is 6. The van der Waals surface area contributed by atoms with Crippen LogP contribution < -0.4 is 5.73 Å². The highest BCUT2D eigenvalue weighted by molar-refractivity contribution is 8.00. The van der Waals surface area contributed by atoms with Crippen molar-refractivity contribution in [1.29, 1.82) is 0 Å². The van der Waals surface area contributed by atoms with Gasteiger partial charge < -0.3 is 10.9 Å². The molecule has 0 amide bonds. The van der Waals surface area contributed by atoms with Crippen molar-refractivity contribution in [3.63, 3.8) is 0 Å². The number of benzene rings is 1. The third-order valence-corrected chi connectivity index (χ3v) is 4.53. The summed E-state index contributed by atoms with van der Waals surface area (Å²) in [5.41, 5.74) is -2.85. The van der Waals surface area contributed by atoms with E-state index in [9.17, 15) is 31.1 Å². The number of nitrogens with two attached hydrogens (primary N) is 1. The van der Waals surface area contributed by atoms with E-state index in [1.54, 1.807) is 0 Å². The number of aldehydes is 1. The number of amidine groups is 1. The second-order valence-electron chi connectivity index (χ2n) is 4.91. The van der Waals surface area contributed by atoms with Crippen LogP contribution in [0.4, 0.5) is 26.3 Å². The van der Waals surface area contributed by atoms with E-state index in [2.05, 4.69) is 10.3 Å². The van der Waals surface area contributed by atoms with E-state index >= 15 is 0 Å². The highest BCUT2D eigenvalue weighted by Crippen LogP contribution is 2.43. The van der Waals surface area contributed by atoms with Crippen molar-refractivity contribution in [3.8, 4) is 5.69 Å². The molecule has 2 rings (SSSR count). The zero-order valence-electron chi connectivity index (χ0n) is 12.9. The first-order chi connectivity index (χ1) is 12.8. The average molecular weight is 467 g/mol. The molecular weight excluding hydrogens is 461 g/mol. The Morgan fingerprint density at radius 2 is 1.75 bits per heavy atom. The van der Waals surface area contributed by atoms with E-state index in [4.69, 9.17) is 34.1 Å². The number of halogens is 8. The molecular formula is C13H6Cl2F6N4O2S. The molecule has 15 heteroatoms. The highest BCUT2D eigenvalue weighted by atomic mass is 35.5. The molecule has 0 saturated carbocycles. The molecule has 2 aromatic rings. The number of hydrogen-bond donors (Lipinski definition) is 2. The van der Waals surface area contributed by atoms with Crippen molar-refractivity contribution in [2.75, 3.05) is 0 Å². The van der Waals surface area contributed by atoms with Crippen molar-refractivity contribution in [2.45, 2.75) is 16.6 Å². The molecule has 1 heterocycles. The van der Waals surface area contributed by atoms with E-state index in [0.29, 0.717) is 16.8 Å². The molecule has 1 aromatic carbocycles. The third kappa shape index (κ3) is 4.47. The Hall–Kier alpha value is -2.12. The van der Waals surface area contributed by atoms with E-state index in [-0.39, 0.29) is 6.29 Å². The first kappa shape index (κ1) is 22.2. The summed E-state index contributed by atoms with van der Waals surface area (Å²) >= 11 is 10.8. The smallest absolute Gasteiger partial charge is 0.409 e. The van der Waals surface area contributed by atoms with Crippen LogP contribution in [0.3, 0.4) is 0 Å². The van der Waals surface area contributed by atoms with Crippen LogP contribution in [0.2, 0.25) is 10.0 Å². The summed E-state index contributed by atoms with van der Waals surface area (Å²) in [5.74, 6) is -0.882. The van der Waals surface area contributed by atoms with Crippen molar-refractivity contribution in [1.82, 2.24) is 9.78 Å². The minimum atomic E-state index is -4.90. The summed E-state index contributed by atoms with van der Waals surface area (Å²) in [5, 5.41) is 13.6. The molecule has 3 N–H and O–H groups in total. The summed E-state index contributed by atoms with van der Waals surface area (Å²) in [6.07, 6.45) is -4.86. The maximum atomic E-state index is 12.8. The largest absolute Gasteiger partial charge is 0.446 e.